The number of nitrogens with one attached hydrogen (secondary N) is 1. The van der Waals surface area contributed by atoms with Crippen LogP contribution in [0, 0.1) is 0 Å². The highest BCUT2D eigenvalue weighted by molar-refractivity contribution is 14.0. The van der Waals surface area contributed by atoms with Crippen molar-refractivity contribution in [1.29, 1.82) is 0 Å². The van der Waals surface area contributed by atoms with E-state index in [0.29, 0.717) is 12.5 Å². The summed E-state index contributed by atoms with van der Waals surface area (Å²) in [6.45, 7) is 1.41. The number of carbonyl (C=O) groups is 1. The molecule has 0 saturated heterocycles. The van der Waals surface area contributed by atoms with E-state index in [1.807, 2.05) is 36.2 Å². The van der Waals surface area contributed by atoms with E-state index in [4.69, 9.17) is 9.47 Å². The molecule has 0 aliphatic heterocycles. The summed E-state index contributed by atoms with van der Waals surface area (Å²) in [5, 5.41) is 5.45. The molecule has 0 spiro atoms. The van der Waals surface area contributed by atoms with Gasteiger partial charge in [0.25, 0.3) is 0 Å². The van der Waals surface area contributed by atoms with Gasteiger partial charge in [0.15, 0.2) is 5.96 Å². The van der Waals surface area contributed by atoms with Crippen LogP contribution >= 0.6 is 35.3 Å². The maximum atomic E-state index is 12.0. The Morgan fingerprint density at radius 2 is 1.93 bits per heavy atom. The molecule has 0 fully saturated rings. The molecule has 0 bridgehead atoms. The number of rotatable bonds is 9. The van der Waals surface area contributed by atoms with E-state index < -0.39 is 0 Å². The van der Waals surface area contributed by atoms with Gasteiger partial charge < -0.3 is 24.6 Å². The first-order chi connectivity index (χ1) is 13.9. The maximum absolute atomic E-state index is 12.0. The summed E-state index contributed by atoms with van der Waals surface area (Å²) in [6, 6.07) is 9.90. The summed E-state index contributed by atoms with van der Waals surface area (Å²) in [5.41, 5.74) is 1.00. The molecule has 1 amide bonds. The lowest BCUT2D eigenvalue weighted by Gasteiger charge is -2.24. The highest BCUT2D eigenvalue weighted by atomic mass is 127. The molecule has 2 rings (SSSR count). The van der Waals surface area contributed by atoms with Gasteiger partial charge in [0.2, 0.25) is 5.91 Å². The first-order valence-corrected chi connectivity index (χ1v) is 10.3. The lowest BCUT2D eigenvalue weighted by atomic mass is 10.2. The Morgan fingerprint density at radius 3 is 2.53 bits per heavy atom. The number of aliphatic imine (C=N–C) groups is 1. The van der Waals surface area contributed by atoms with Crippen LogP contribution in [0.5, 0.6) is 11.5 Å². The van der Waals surface area contributed by atoms with Gasteiger partial charge in [-0.1, -0.05) is 6.07 Å². The quantitative estimate of drug-likeness (QED) is 0.298. The first kappa shape index (κ1) is 26.0. The molecule has 0 unspecified atom stereocenters. The number of halogens is 1. The van der Waals surface area contributed by atoms with E-state index in [1.54, 1.807) is 44.6 Å². The second-order valence-corrected chi connectivity index (χ2v) is 7.75. The third-order valence-electron chi connectivity index (χ3n) is 4.36. The Balaban J connectivity index is 0.00000450. The molecule has 7 nitrogen and oxygen atoms in total. The monoisotopic (exact) mass is 546 g/mol. The van der Waals surface area contributed by atoms with Gasteiger partial charge in [-0.3, -0.25) is 4.79 Å². The zero-order valence-electron chi connectivity index (χ0n) is 18.2. The van der Waals surface area contributed by atoms with Crippen LogP contribution in [0.2, 0.25) is 0 Å². The van der Waals surface area contributed by atoms with Crippen molar-refractivity contribution in [2.45, 2.75) is 13.0 Å². The number of likely N-dealkylation sites (N-methyl/N-ethyl adjacent to an activating group) is 1. The highest BCUT2D eigenvalue weighted by Crippen LogP contribution is 2.25. The fourth-order valence-corrected chi connectivity index (χ4v) is 3.37. The van der Waals surface area contributed by atoms with Gasteiger partial charge in [-0.2, -0.15) is 0 Å². The Labute approximate surface area is 200 Å². The molecule has 1 N–H and O–H groups in total. The molecular formula is C21H31IN4O3S. The summed E-state index contributed by atoms with van der Waals surface area (Å²) >= 11 is 1.73. The van der Waals surface area contributed by atoms with Crippen molar-refractivity contribution in [2.75, 3.05) is 48.5 Å². The Hall–Kier alpha value is -2.01. The lowest BCUT2D eigenvalue weighted by molar-refractivity contribution is -0.127. The number of nitrogens with zero attached hydrogens (tertiary/aromatic N) is 3. The van der Waals surface area contributed by atoms with Crippen LogP contribution in [0.3, 0.4) is 0 Å². The van der Waals surface area contributed by atoms with Gasteiger partial charge in [0, 0.05) is 50.7 Å². The number of hydrogen-bond donors (Lipinski definition) is 1. The van der Waals surface area contributed by atoms with Crippen LogP contribution in [0.1, 0.15) is 10.4 Å². The molecule has 0 aliphatic carbocycles. The van der Waals surface area contributed by atoms with Crippen LogP contribution in [-0.4, -0.2) is 70.1 Å². The predicted octanol–water partition coefficient (Wildman–Crippen LogP) is 3.09. The Kier molecular flexibility index (Phi) is 11.6. The molecule has 1 aromatic heterocycles. The minimum absolute atomic E-state index is 0. The van der Waals surface area contributed by atoms with Crippen molar-refractivity contribution in [1.82, 2.24) is 15.1 Å². The van der Waals surface area contributed by atoms with Crippen LogP contribution in [0.4, 0.5) is 0 Å². The summed E-state index contributed by atoms with van der Waals surface area (Å²) in [5.74, 6) is 2.12. The van der Waals surface area contributed by atoms with Crippen molar-refractivity contribution >= 4 is 47.2 Å². The molecule has 0 saturated carbocycles. The Bertz CT molecular complexity index is 813. The maximum Gasteiger partial charge on any atom is 0.243 e. The zero-order chi connectivity index (χ0) is 21.2. The van der Waals surface area contributed by atoms with Crippen LogP contribution in [-0.2, 0) is 17.8 Å². The molecule has 1 heterocycles. The van der Waals surface area contributed by atoms with E-state index >= 15 is 0 Å². The average Bonchev–Trinajstić information content (AvgIpc) is 3.23. The number of carbonyl (C=O) groups excluding carboxylic acids is 1. The minimum atomic E-state index is -0.0435. The van der Waals surface area contributed by atoms with Crippen molar-refractivity contribution in [2.24, 2.45) is 4.99 Å². The number of benzene rings is 1. The number of hydrogen-bond acceptors (Lipinski definition) is 5. The van der Waals surface area contributed by atoms with Gasteiger partial charge in [0.1, 0.15) is 18.0 Å². The van der Waals surface area contributed by atoms with Crippen molar-refractivity contribution in [3.05, 3.63) is 46.2 Å². The van der Waals surface area contributed by atoms with Gasteiger partial charge in [0.05, 0.1) is 14.2 Å². The third-order valence-corrected chi connectivity index (χ3v) is 5.30. The number of thiophene rings is 1. The van der Waals surface area contributed by atoms with Crippen LogP contribution in [0.25, 0.3) is 0 Å². The van der Waals surface area contributed by atoms with Gasteiger partial charge in [-0.15, -0.1) is 35.3 Å². The normalized spacial score (nSPS) is 10.8. The van der Waals surface area contributed by atoms with Gasteiger partial charge >= 0.3 is 0 Å². The van der Waals surface area contributed by atoms with Crippen molar-refractivity contribution < 1.29 is 14.3 Å². The van der Waals surface area contributed by atoms with Gasteiger partial charge in [-0.05, 0) is 30.0 Å². The number of amides is 1. The number of ether oxygens (including phenoxy) is 2. The molecule has 0 aliphatic rings. The summed E-state index contributed by atoms with van der Waals surface area (Å²) in [6.07, 6.45) is 0.901. The lowest BCUT2D eigenvalue weighted by Crippen LogP contribution is -2.40. The summed E-state index contributed by atoms with van der Waals surface area (Å²) in [4.78, 5) is 21.4. The molecule has 2 aromatic rings. The largest absolute Gasteiger partial charge is 0.497 e. The molecule has 0 atom stereocenters. The number of guanidine groups is 1. The zero-order valence-corrected chi connectivity index (χ0v) is 21.3. The summed E-state index contributed by atoms with van der Waals surface area (Å²) < 4.78 is 10.8. The summed E-state index contributed by atoms with van der Waals surface area (Å²) in [7, 11) is 8.68. The smallest absolute Gasteiger partial charge is 0.243 e. The second-order valence-electron chi connectivity index (χ2n) is 6.72. The average molecular weight is 546 g/mol. The SMILES string of the molecule is COc1ccc(CN(C)C(=NCC(=O)N(C)C)NCCc2cccs2)c(OC)c1.I. The molecular weight excluding hydrogens is 515 g/mol. The number of methoxy groups -OCH3 is 2. The van der Waals surface area contributed by atoms with Gasteiger partial charge in [-0.25, -0.2) is 4.99 Å². The fraction of sp³-hybridized carbons (Fsp3) is 0.429. The minimum Gasteiger partial charge on any atom is -0.497 e. The van der Waals surface area contributed by atoms with E-state index in [1.165, 1.54) is 4.88 Å². The van der Waals surface area contributed by atoms with E-state index in [2.05, 4.69) is 21.8 Å². The van der Waals surface area contributed by atoms with E-state index in [-0.39, 0.29) is 36.4 Å². The molecule has 1 aromatic carbocycles. The van der Waals surface area contributed by atoms with Crippen molar-refractivity contribution in [3.63, 3.8) is 0 Å². The van der Waals surface area contributed by atoms with E-state index in [9.17, 15) is 4.79 Å². The topological polar surface area (TPSA) is 66.4 Å². The first-order valence-electron chi connectivity index (χ1n) is 9.37. The molecule has 30 heavy (non-hydrogen) atoms. The second kappa shape index (κ2) is 13.3. The van der Waals surface area contributed by atoms with Crippen LogP contribution < -0.4 is 14.8 Å². The highest BCUT2D eigenvalue weighted by Gasteiger charge is 2.13. The molecule has 166 valence electrons. The molecule has 9 heteroatoms. The van der Waals surface area contributed by atoms with Crippen LogP contribution in [0.15, 0.2) is 40.7 Å². The van der Waals surface area contributed by atoms with Crippen molar-refractivity contribution in [3.8, 4) is 11.5 Å². The fourth-order valence-electron chi connectivity index (χ4n) is 2.66. The third kappa shape index (κ3) is 8.02. The standard InChI is InChI=1S/C21H30N4O3S.HI/c1-24(2)20(26)14-23-21(22-11-10-18-7-6-12-29-18)25(3)15-16-8-9-17(27-4)13-19(16)28-5;/h6-9,12-13H,10-11,14-15H2,1-5H3,(H,22,23);1H. The molecule has 0 radical (unpaired) electrons. The Morgan fingerprint density at radius 1 is 1.17 bits per heavy atom. The van der Waals surface area contributed by atoms with E-state index in [0.717, 1.165) is 30.0 Å². The predicted molar refractivity (Wildman–Crippen MR) is 133 cm³/mol.